The summed E-state index contributed by atoms with van der Waals surface area (Å²) in [6, 6.07) is 3.48. The number of carbonyl (C=O) groups is 1. The zero-order valence-corrected chi connectivity index (χ0v) is 14.2. The van der Waals surface area contributed by atoms with E-state index in [4.69, 9.17) is 4.74 Å². The average Bonchev–Trinajstić information content (AvgIpc) is 3.35. The standard InChI is InChI=1S/C19H27N3O2/c23-18(16-5-9-20-10-6-16)21-12-17-2-1-7-19(24-17)8-11-22(14-19)13-15-3-4-15/h5-6,9-10,15,17H,1-4,7-8,11-14H2,(H,21,23)/t17-,19-/m1/s1. The van der Waals surface area contributed by atoms with Crippen molar-refractivity contribution in [2.75, 3.05) is 26.2 Å². The van der Waals surface area contributed by atoms with Crippen molar-refractivity contribution in [1.29, 1.82) is 0 Å². The SMILES string of the molecule is O=C(NC[C@H]1CCC[C@]2(CCN(CC3CC3)C2)O1)c1ccncc1. The molecule has 0 radical (unpaired) electrons. The average molecular weight is 329 g/mol. The lowest BCUT2D eigenvalue weighted by molar-refractivity contribution is -0.118. The fourth-order valence-electron chi connectivity index (χ4n) is 4.13. The van der Waals surface area contributed by atoms with Crippen molar-refractivity contribution in [3.63, 3.8) is 0 Å². The molecular formula is C19H27N3O2. The molecule has 1 N–H and O–H groups in total. The minimum Gasteiger partial charge on any atom is -0.369 e. The number of nitrogens with one attached hydrogen (secondary N) is 1. The van der Waals surface area contributed by atoms with Crippen molar-refractivity contribution in [2.24, 2.45) is 5.92 Å². The van der Waals surface area contributed by atoms with Gasteiger partial charge in [-0.2, -0.15) is 0 Å². The lowest BCUT2D eigenvalue weighted by Gasteiger charge is -2.39. The predicted octanol–water partition coefficient (Wildman–Crippen LogP) is 2.23. The predicted molar refractivity (Wildman–Crippen MR) is 91.8 cm³/mol. The normalized spacial score (nSPS) is 30.6. The highest BCUT2D eigenvalue weighted by Gasteiger charge is 2.43. The number of ether oxygens (including phenoxy) is 1. The number of nitrogens with zero attached hydrogens (tertiary/aromatic N) is 2. The lowest BCUT2D eigenvalue weighted by Crippen LogP contribution is -2.47. The van der Waals surface area contributed by atoms with Gasteiger partial charge < -0.3 is 15.0 Å². The second-order valence-electron chi connectivity index (χ2n) is 7.69. The van der Waals surface area contributed by atoms with Crippen molar-refractivity contribution in [3.8, 4) is 0 Å². The van der Waals surface area contributed by atoms with Crippen molar-refractivity contribution in [1.82, 2.24) is 15.2 Å². The number of amides is 1. The van der Waals surface area contributed by atoms with Crippen LogP contribution in [0.5, 0.6) is 0 Å². The maximum atomic E-state index is 12.2. The van der Waals surface area contributed by atoms with Crippen LogP contribution in [-0.2, 0) is 4.74 Å². The highest BCUT2D eigenvalue weighted by Crippen LogP contribution is 2.38. The molecule has 3 heterocycles. The molecule has 130 valence electrons. The Kier molecular flexibility index (Phi) is 4.55. The molecular weight excluding hydrogens is 302 g/mol. The highest BCUT2D eigenvalue weighted by molar-refractivity contribution is 5.93. The molecule has 1 amide bonds. The zero-order valence-electron chi connectivity index (χ0n) is 14.2. The van der Waals surface area contributed by atoms with Gasteiger partial charge in [0, 0.05) is 44.1 Å². The Morgan fingerprint density at radius 3 is 2.92 bits per heavy atom. The summed E-state index contributed by atoms with van der Waals surface area (Å²) in [4.78, 5) is 18.7. The molecule has 1 aromatic rings. The van der Waals surface area contributed by atoms with Gasteiger partial charge >= 0.3 is 0 Å². The number of pyridine rings is 1. The minimum atomic E-state index is -0.0394. The number of hydrogen-bond acceptors (Lipinski definition) is 4. The molecule has 1 aromatic heterocycles. The van der Waals surface area contributed by atoms with Crippen molar-refractivity contribution >= 4 is 5.91 Å². The minimum absolute atomic E-state index is 0.0394. The van der Waals surface area contributed by atoms with E-state index >= 15 is 0 Å². The molecule has 0 aromatic carbocycles. The molecule has 4 rings (SSSR count). The molecule has 3 aliphatic rings. The van der Waals surface area contributed by atoms with E-state index in [1.807, 2.05) is 0 Å². The smallest absolute Gasteiger partial charge is 0.251 e. The molecule has 0 bridgehead atoms. The van der Waals surface area contributed by atoms with E-state index in [9.17, 15) is 4.79 Å². The van der Waals surface area contributed by atoms with E-state index in [1.165, 1.54) is 38.8 Å². The molecule has 24 heavy (non-hydrogen) atoms. The van der Waals surface area contributed by atoms with Crippen LogP contribution in [0, 0.1) is 5.92 Å². The summed E-state index contributed by atoms with van der Waals surface area (Å²) in [5.41, 5.74) is 0.700. The van der Waals surface area contributed by atoms with E-state index in [0.29, 0.717) is 12.1 Å². The largest absolute Gasteiger partial charge is 0.369 e. The topological polar surface area (TPSA) is 54.5 Å². The van der Waals surface area contributed by atoms with Gasteiger partial charge in [0.1, 0.15) is 0 Å². The molecule has 2 atom stereocenters. The third-order valence-electron chi connectivity index (χ3n) is 5.62. The van der Waals surface area contributed by atoms with Crippen LogP contribution in [0.15, 0.2) is 24.5 Å². The molecule has 1 saturated carbocycles. The first-order valence-corrected chi connectivity index (χ1v) is 9.31. The van der Waals surface area contributed by atoms with Gasteiger partial charge in [-0.15, -0.1) is 0 Å². The van der Waals surface area contributed by atoms with Gasteiger partial charge in [-0.1, -0.05) is 0 Å². The van der Waals surface area contributed by atoms with Gasteiger partial charge in [0.15, 0.2) is 0 Å². The van der Waals surface area contributed by atoms with E-state index < -0.39 is 0 Å². The molecule has 5 heteroatoms. The number of carbonyl (C=O) groups excluding carboxylic acids is 1. The first-order chi connectivity index (χ1) is 11.7. The van der Waals surface area contributed by atoms with Gasteiger partial charge in [0.2, 0.25) is 0 Å². The summed E-state index contributed by atoms with van der Waals surface area (Å²) in [5, 5.41) is 3.02. The maximum Gasteiger partial charge on any atom is 0.251 e. The fourth-order valence-corrected chi connectivity index (χ4v) is 4.13. The van der Waals surface area contributed by atoms with Crippen LogP contribution in [0.3, 0.4) is 0 Å². The summed E-state index contributed by atoms with van der Waals surface area (Å²) in [5.74, 6) is 0.904. The Bertz CT molecular complexity index is 575. The summed E-state index contributed by atoms with van der Waals surface area (Å²) in [6.45, 7) is 4.12. The van der Waals surface area contributed by atoms with Crippen molar-refractivity contribution in [2.45, 2.75) is 50.2 Å². The monoisotopic (exact) mass is 329 g/mol. The molecule has 3 fully saturated rings. The van der Waals surface area contributed by atoms with E-state index in [2.05, 4.69) is 15.2 Å². The molecule has 2 aliphatic heterocycles. The summed E-state index contributed by atoms with van der Waals surface area (Å²) in [7, 11) is 0. The van der Waals surface area contributed by atoms with Crippen LogP contribution >= 0.6 is 0 Å². The molecule has 2 saturated heterocycles. The van der Waals surface area contributed by atoms with Gasteiger partial charge in [-0.25, -0.2) is 0 Å². The molecule has 1 aliphatic carbocycles. The second kappa shape index (κ2) is 6.81. The maximum absolute atomic E-state index is 12.2. The first kappa shape index (κ1) is 16.0. The van der Waals surface area contributed by atoms with Crippen LogP contribution < -0.4 is 5.32 Å². The lowest BCUT2D eigenvalue weighted by atomic mass is 9.90. The fraction of sp³-hybridized carbons (Fsp3) is 0.684. The Morgan fingerprint density at radius 1 is 1.29 bits per heavy atom. The Labute approximate surface area is 143 Å². The summed E-state index contributed by atoms with van der Waals surface area (Å²) < 4.78 is 6.48. The number of rotatable bonds is 5. The molecule has 1 spiro atoms. The number of likely N-dealkylation sites (tertiary alicyclic amines) is 1. The van der Waals surface area contributed by atoms with E-state index in [1.54, 1.807) is 24.5 Å². The molecule has 5 nitrogen and oxygen atoms in total. The van der Waals surface area contributed by atoms with Crippen molar-refractivity contribution < 1.29 is 9.53 Å². The van der Waals surface area contributed by atoms with Gasteiger partial charge in [0.05, 0.1) is 11.7 Å². The quantitative estimate of drug-likeness (QED) is 0.900. The Balaban J connectivity index is 1.28. The highest BCUT2D eigenvalue weighted by atomic mass is 16.5. The van der Waals surface area contributed by atoms with E-state index in [-0.39, 0.29) is 17.6 Å². The number of aromatic nitrogens is 1. The van der Waals surface area contributed by atoms with Crippen LogP contribution in [0.1, 0.15) is 48.9 Å². The Hall–Kier alpha value is -1.46. The first-order valence-electron chi connectivity index (χ1n) is 9.31. The van der Waals surface area contributed by atoms with Crippen LogP contribution in [-0.4, -0.2) is 53.7 Å². The van der Waals surface area contributed by atoms with Gasteiger partial charge in [0.25, 0.3) is 5.91 Å². The van der Waals surface area contributed by atoms with Gasteiger partial charge in [-0.05, 0) is 56.6 Å². The second-order valence-corrected chi connectivity index (χ2v) is 7.69. The van der Waals surface area contributed by atoms with Gasteiger partial charge in [-0.3, -0.25) is 9.78 Å². The summed E-state index contributed by atoms with van der Waals surface area (Å²) >= 11 is 0. The zero-order chi connectivity index (χ0) is 16.4. The van der Waals surface area contributed by atoms with Crippen molar-refractivity contribution in [3.05, 3.63) is 30.1 Å². The summed E-state index contributed by atoms with van der Waals surface area (Å²) in [6.07, 6.45) is 10.8. The van der Waals surface area contributed by atoms with E-state index in [0.717, 1.165) is 25.3 Å². The third-order valence-corrected chi connectivity index (χ3v) is 5.62. The number of hydrogen-bond donors (Lipinski definition) is 1. The molecule has 0 unspecified atom stereocenters. The Morgan fingerprint density at radius 2 is 2.12 bits per heavy atom. The van der Waals surface area contributed by atoms with Crippen LogP contribution in [0.25, 0.3) is 0 Å². The third kappa shape index (κ3) is 3.78. The van der Waals surface area contributed by atoms with Crippen LogP contribution in [0.4, 0.5) is 0 Å². The van der Waals surface area contributed by atoms with Crippen LogP contribution in [0.2, 0.25) is 0 Å².